The molecule has 1 aromatic heterocycles. The summed E-state index contributed by atoms with van der Waals surface area (Å²) in [5.41, 5.74) is 3.52. The second kappa shape index (κ2) is 7.37. The molecular formula is C21H16FN3O2. The number of carbonyl (C=O) groups is 1. The molecule has 0 atom stereocenters. The first-order chi connectivity index (χ1) is 13.2. The number of benzene rings is 2. The van der Waals surface area contributed by atoms with Gasteiger partial charge in [-0.05, 0) is 42.0 Å². The number of halogens is 1. The fourth-order valence-electron chi connectivity index (χ4n) is 2.91. The Balaban J connectivity index is 1.57. The molecular weight excluding hydrogens is 345 g/mol. The molecule has 0 bridgehead atoms. The van der Waals surface area contributed by atoms with Crippen molar-refractivity contribution in [2.75, 3.05) is 11.9 Å². The van der Waals surface area contributed by atoms with E-state index in [0.717, 1.165) is 11.1 Å². The molecule has 0 saturated carbocycles. The molecule has 1 aliphatic heterocycles. The molecule has 2 aromatic carbocycles. The summed E-state index contributed by atoms with van der Waals surface area (Å²) < 4.78 is 19.1. The van der Waals surface area contributed by atoms with Gasteiger partial charge in [-0.3, -0.25) is 4.79 Å². The highest BCUT2D eigenvalue weighted by atomic mass is 19.1. The molecule has 0 fully saturated rings. The van der Waals surface area contributed by atoms with Crippen molar-refractivity contribution in [3.63, 3.8) is 0 Å². The van der Waals surface area contributed by atoms with Crippen LogP contribution in [0, 0.1) is 5.82 Å². The monoisotopic (exact) mass is 361 g/mol. The first-order valence-electron chi connectivity index (χ1n) is 8.49. The lowest BCUT2D eigenvalue weighted by molar-refractivity contribution is -0.113. The van der Waals surface area contributed by atoms with E-state index in [2.05, 4.69) is 15.3 Å². The molecule has 134 valence electrons. The molecule has 0 saturated heterocycles. The highest BCUT2D eigenvalue weighted by Gasteiger charge is 2.16. The molecule has 4 rings (SSSR count). The largest absolute Gasteiger partial charge is 0.493 e. The van der Waals surface area contributed by atoms with E-state index in [4.69, 9.17) is 4.74 Å². The summed E-state index contributed by atoms with van der Waals surface area (Å²) in [5, 5.41) is 2.90. The molecule has 1 aliphatic rings. The number of carbonyl (C=O) groups excluding carboxylic acids is 1. The summed E-state index contributed by atoms with van der Waals surface area (Å²) in [6.45, 7) is 0.360. The van der Waals surface area contributed by atoms with Crippen LogP contribution in [0.25, 0.3) is 17.2 Å². The Morgan fingerprint density at radius 3 is 2.78 bits per heavy atom. The number of hydrogen-bond acceptors (Lipinski definition) is 4. The van der Waals surface area contributed by atoms with Crippen molar-refractivity contribution in [2.45, 2.75) is 6.42 Å². The fourth-order valence-corrected chi connectivity index (χ4v) is 2.91. The van der Waals surface area contributed by atoms with Crippen LogP contribution >= 0.6 is 0 Å². The third-order valence-electron chi connectivity index (χ3n) is 4.24. The quantitative estimate of drug-likeness (QED) is 0.763. The summed E-state index contributed by atoms with van der Waals surface area (Å²) >= 11 is 0. The van der Waals surface area contributed by atoms with Crippen LogP contribution in [0.5, 0.6) is 5.75 Å². The Morgan fingerprint density at radius 1 is 1.07 bits per heavy atom. The van der Waals surface area contributed by atoms with Crippen LogP contribution in [-0.2, 0) is 4.79 Å². The van der Waals surface area contributed by atoms with E-state index in [1.54, 1.807) is 24.5 Å². The molecule has 1 amide bonds. The minimum Gasteiger partial charge on any atom is -0.493 e. The van der Waals surface area contributed by atoms with Gasteiger partial charge in [0, 0.05) is 41.2 Å². The third-order valence-corrected chi connectivity index (χ3v) is 4.24. The maximum Gasteiger partial charge on any atom is 0.251 e. The number of nitrogens with zero attached hydrogens (tertiary/aromatic N) is 2. The zero-order valence-corrected chi connectivity index (χ0v) is 14.4. The van der Waals surface area contributed by atoms with Gasteiger partial charge in [0.25, 0.3) is 5.91 Å². The lowest BCUT2D eigenvalue weighted by Gasteiger charge is -2.09. The number of ether oxygens (including phenoxy) is 1. The Kier molecular flexibility index (Phi) is 4.61. The topological polar surface area (TPSA) is 64.1 Å². The standard InChI is InChI=1S/C21H16FN3O2/c22-18-4-5-20-16(9-18)8-15(6-7-27-20)21(26)25-19-3-1-2-14(10-19)17-11-23-13-24-12-17/h1-5,8-13H,6-7H2,(H,25,26). The van der Waals surface area contributed by atoms with E-state index in [9.17, 15) is 9.18 Å². The summed E-state index contributed by atoms with van der Waals surface area (Å²) in [4.78, 5) is 20.7. The van der Waals surface area contributed by atoms with Gasteiger partial charge in [0.1, 0.15) is 17.9 Å². The van der Waals surface area contributed by atoms with Crippen LogP contribution in [0.1, 0.15) is 12.0 Å². The van der Waals surface area contributed by atoms with Gasteiger partial charge in [-0.1, -0.05) is 12.1 Å². The van der Waals surface area contributed by atoms with Crippen molar-refractivity contribution in [3.8, 4) is 16.9 Å². The van der Waals surface area contributed by atoms with Gasteiger partial charge >= 0.3 is 0 Å². The first-order valence-corrected chi connectivity index (χ1v) is 8.49. The predicted molar refractivity (Wildman–Crippen MR) is 101 cm³/mol. The van der Waals surface area contributed by atoms with Gasteiger partial charge in [0.2, 0.25) is 0 Å². The number of hydrogen-bond donors (Lipinski definition) is 1. The molecule has 3 aromatic rings. The Hall–Kier alpha value is -3.54. The van der Waals surface area contributed by atoms with Crippen molar-refractivity contribution < 1.29 is 13.9 Å². The normalized spacial score (nSPS) is 13.0. The van der Waals surface area contributed by atoms with E-state index in [0.29, 0.717) is 35.6 Å². The Bertz CT molecular complexity index is 1020. The SMILES string of the molecule is O=C(Nc1cccc(-c2cncnc2)c1)C1=Cc2cc(F)ccc2OCC1. The molecule has 5 nitrogen and oxygen atoms in total. The van der Waals surface area contributed by atoms with E-state index in [1.165, 1.54) is 18.5 Å². The maximum atomic E-state index is 13.5. The van der Waals surface area contributed by atoms with Gasteiger partial charge in [-0.25, -0.2) is 14.4 Å². The smallest absolute Gasteiger partial charge is 0.251 e. The first kappa shape index (κ1) is 16.9. The van der Waals surface area contributed by atoms with Crippen LogP contribution < -0.4 is 10.1 Å². The lowest BCUT2D eigenvalue weighted by Crippen LogP contribution is -2.15. The molecule has 6 heteroatoms. The average molecular weight is 361 g/mol. The van der Waals surface area contributed by atoms with Gasteiger partial charge in [-0.2, -0.15) is 0 Å². The second-order valence-corrected chi connectivity index (χ2v) is 6.11. The second-order valence-electron chi connectivity index (χ2n) is 6.11. The number of anilines is 1. The van der Waals surface area contributed by atoms with Crippen LogP contribution in [0.4, 0.5) is 10.1 Å². The number of nitrogens with one attached hydrogen (secondary N) is 1. The minimum absolute atomic E-state index is 0.239. The maximum absolute atomic E-state index is 13.5. The van der Waals surface area contributed by atoms with E-state index < -0.39 is 0 Å². The Labute approximate surface area is 155 Å². The Morgan fingerprint density at radius 2 is 1.93 bits per heavy atom. The lowest BCUT2D eigenvalue weighted by atomic mass is 10.1. The number of rotatable bonds is 3. The number of aromatic nitrogens is 2. The van der Waals surface area contributed by atoms with Crippen LogP contribution in [-0.4, -0.2) is 22.5 Å². The summed E-state index contributed by atoms with van der Waals surface area (Å²) in [5.74, 6) is -0.0320. The molecule has 1 N–H and O–H groups in total. The van der Waals surface area contributed by atoms with E-state index in [-0.39, 0.29) is 11.7 Å². The van der Waals surface area contributed by atoms with Crippen molar-refractivity contribution in [2.24, 2.45) is 0 Å². The van der Waals surface area contributed by atoms with Crippen LogP contribution in [0.3, 0.4) is 0 Å². The van der Waals surface area contributed by atoms with Gasteiger partial charge in [-0.15, -0.1) is 0 Å². The average Bonchev–Trinajstić information content (AvgIpc) is 2.91. The predicted octanol–water partition coefficient (Wildman–Crippen LogP) is 4.09. The van der Waals surface area contributed by atoms with Gasteiger partial charge in [0.15, 0.2) is 0 Å². The van der Waals surface area contributed by atoms with Crippen molar-refractivity contribution in [3.05, 3.63) is 78.1 Å². The molecule has 0 aliphatic carbocycles. The van der Waals surface area contributed by atoms with E-state index >= 15 is 0 Å². The molecule has 0 spiro atoms. The van der Waals surface area contributed by atoms with Crippen LogP contribution in [0.15, 0.2) is 66.8 Å². The van der Waals surface area contributed by atoms with Crippen LogP contribution in [0.2, 0.25) is 0 Å². The molecule has 27 heavy (non-hydrogen) atoms. The zero-order valence-electron chi connectivity index (χ0n) is 14.4. The zero-order chi connectivity index (χ0) is 18.6. The number of amides is 1. The highest BCUT2D eigenvalue weighted by Crippen LogP contribution is 2.27. The van der Waals surface area contributed by atoms with Gasteiger partial charge < -0.3 is 10.1 Å². The van der Waals surface area contributed by atoms with Crippen molar-refractivity contribution >= 4 is 17.7 Å². The third kappa shape index (κ3) is 3.84. The molecule has 0 unspecified atom stereocenters. The summed E-state index contributed by atoms with van der Waals surface area (Å²) in [7, 11) is 0. The fraction of sp³-hybridized carbons (Fsp3) is 0.0952. The van der Waals surface area contributed by atoms with E-state index in [1.807, 2.05) is 24.3 Å². The highest BCUT2D eigenvalue weighted by molar-refractivity contribution is 6.07. The van der Waals surface area contributed by atoms with Crippen molar-refractivity contribution in [1.29, 1.82) is 0 Å². The van der Waals surface area contributed by atoms with Gasteiger partial charge in [0.05, 0.1) is 6.61 Å². The molecule has 2 heterocycles. The summed E-state index contributed by atoms with van der Waals surface area (Å²) in [6.07, 6.45) is 7.01. The number of fused-ring (bicyclic) bond motifs is 1. The minimum atomic E-state index is -0.368. The van der Waals surface area contributed by atoms with Crippen molar-refractivity contribution in [1.82, 2.24) is 9.97 Å². The molecule has 0 radical (unpaired) electrons. The summed E-state index contributed by atoms with van der Waals surface area (Å²) in [6, 6.07) is 11.7.